The van der Waals surface area contributed by atoms with Crippen LogP contribution in [0, 0.1) is 30.6 Å². The van der Waals surface area contributed by atoms with Crippen LogP contribution in [0.1, 0.15) is 44.9 Å². The van der Waals surface area contributed by atoms with Crippen LogP contribution < -0.4 is 10.6 Å². The van der Waals surface area contributed by atoms with Crippen LogP contribution in [0.3, 0.4) is 0 Å². The zero-order valence-electron chi connectivity index (χ0n) is 17.0. The minimum absolute atomic E-state index is 0.176. The molecule has 8 nitrogen and oxygen atoms in total. The van der Waals surface area contributed by atoms with Crippen molar-refractivity contribution >= 4 is 29.2 Å². The van der Waals surface area contributed by atoms with Crippen LogP contribution in [0.25, 0.3) is 0 Å². The lowest BCUT2D eigenvalue weighted by molar-refractivity contribution is 0.101. The summed E-state index contributed by atoms with van der Waals surface area (Å²) < 4.78 is 28.3. The lowest BCUT2D eigenvalue weighted by Gasteiger charge is -2.14. The third-order valence-corrected chi connectivity index (χ3v) is 4.77. The maximum Gasteiger partial charge on any atom is 0.281 e. The van der Waals surface area contributed by atoms with Crippen molar-refractivity contribution in [2.75, 3.05) is 10.6 Å². The second-order valence-corrected chi connectivity index (χ2v) is 6.81. The molecule has 0 saturated carbocycles. The number of aromatic nitrogens is 3. The van der Waals surface area contributed by atoms with E-state index in [2.05, 4.69) is 20.7 Å². The minimum atomic E-state index is -2.98. The van der Waals surface area contributed by atoms with Gasteiger partial charge in [-0.15, -0.1) is 0 Å². The highest BCUT2D eigenvalue weighted by atomic mass is 19.3. The summed E-state index contributed by atoms with van der Waals surface area (Å²) >= 11 is 0. The maximum atomic E-state index is 13.4. The van der Waals surface area contributed by atoms with Crippen molar-refractivity contribution in [1.82, 2.24) is 14.8 Å². The summed E-state index contributed by atoms with van der Waals surface area (Å²) in [4.78, 5) is 16.6. The Hall–Kier alpha value is -4.13. The molecule has 0 fully saturated rings. The van der Waals surface area contributed by atoms with E-state index in [9.17, 15) is 18.8 Å². The summed E-state index contributed by atoms with van der Waals surface area (Å²) in [5.74, 6) is -0.679. The number of hydrogen-bond donors (Lipinski definition) is 3. The fourth-order valence-corrected chi connectivity index (χ4v) is 3.04. The van der Waals surface area contributed by atoms with Gasteiger partial charge in [-0.25, -0.2) is 13.8 Å². The van der Waals surface area contributed by atoms with Gasteiger partial charge in [0, 0.05) is 36.4 Å². The summed E-state index contributed by atoms with van der Waals surface area (Å²) in [6, 6.07) is 6.58. The van der Waals surface area contributed by atoms with E-state index in [1.165, 1.54) is 6.92 Å². The summed E-state index contributed by atoms with van der Waals surface area (Å²) in [5.41, 5.74) is 1.72. The van der Waals surface area contributed by atoms with Crippen molar-refractivity contribution < 1.29 is 13.6 Å². The Morgan fingerprint density at radius 2 is 2.03 bits per heavy atom. The first kappa shape index (κ1) is 21.6. The van der Waals surface area contributed by atoms with Gasteiger partial charge in [0.2, 0.25) is 0 Å². The second-order valence-electron chi connectivity index (χ2n) is 6.81. The van der Waals surface area contributed by atoms with Crippen molar-refractivity contribution in [2.45, 2.75) is 20.3 Å². The fourth-order valence-electron chi connectivity index (χ4n) is 3.04. The molecule has 0 aliphatic carbocycles. The van der Waals surface area contributed by atoms with Gasteiger partial charge in [-0.3, -0.25) is 9.48 Å². The molecule has 0 saturated heterocycles. The van der Waals surface area contributed by atoms with Crippen molar-refractivity contribution in [1.29, 1.82) is 10.7 Å². The van der Waals surface area contributed by atoms with Crippen molar-refractivity contribution in [3.8, 4) is 6.07 Å². The van der Waals surface area contributed by atoms with E-state index in [-0.39, 0.29) is 16.8 Å². The van der Waals surface area contributed by atoms with Gasteiger partial charge in [-0.2, -0.15) is 10.4 Å². The number of carbonyl (C=O) groups is 1. The van der Waals surface area contributed by atoms with Crippen LogP contribution >= 0.6 is 0 Å². The zero-order valence-corrected chi connectivity index (χ0v) is 17.0. The molecule has 0 spiro atoms. The van der Waals surface area contributed by atoms with E-state index in [0.29, 0.717) is 28.2 Å². The Morgan fingerprint density at radius 1 is 1.29 bits per heavy atom. The number of aryl methyl sites for hydroxylation is 1. The first-order chi connectivity index (χ1) is 14.7. The highest BCUT2D eigenvalue weighted by Gasteiger charge is 2.24. The quantitative estimate of drug-likeness (QED) is 0.513. The number of nitriles is 1. The van der Waals surface area contributed by atoms with Crippen LogP contribution in [0.15, 0.2) is 30.6 Å². The SMILES string of the molecule is Cc1c(C(=O)Nc2ccc(C=N)c(Nc3cnn(C)c3)c2)nc(C(F)F)c(C#N)c1C. The molecule has 0 radical (unpaired) electrons. The number of rotatable bonds is 6. The van der Waals surface area contributed by atoms with Crippen LogP contribution in [0.5, 0.6) is 0 Å². The van der Waals surface area contributed by atoms with E-state index >= 15 is 0 Å². The number of halogens is 2. The van der Waals surface area contributed by atoms with Gasteiger partial charge in [0.25, 0.3) is 12.3 Å². The molecular weight excluding hydrogens is 404 g/mol. The summed E-state index contributed by atoms with van der Waals surface area (Å²) in [6.07, 6.45) is 1.53. The lowest BCUT2D eigenvalue weighted by atomic mass is 10.0. The van der Waals surface area contributed by atoms with Crippen LogP contribution in [0.2, 0.25) is 0 Å². The Morgan fingerprint density at radius 3 is 2.61 bits per heavy atom. The standard InChI is InChI=1S/C21H19F2N7O/c1-11-12(2)18(29-19(20(22)23)16(11)8-25)21(31)28-14-5-4-13(7-24)17(6-14)27-15-9-26-30(3)10-15/h4-7,9-10,20,24,27H,1-3H3,(H,28,31). The lowest BCUT2D eigenvalue weighted by Crippen LogP contribution is -2.18. The van der Waals surface area contributed by atoms with Gasteiger partial charge >= 0.3 is 0 Å². The first-order valence-corrected chi connectivity index (χ1v) is 9.16. The predicted octanol–water partition coefficient (Wildman–Crippen LogP) is 4.23. The average molecular weight is 423 g/mol. The number of amides is 1. The monoisotopic (exact) mass is 423 g/mol. The third-order valence-electron chi connectivity index (χ3n) is 4.77. The molecule has 3 rings (SSSR count). The molecule has 31 heavy (non-hydrogen) atoms. The van der Waals surface area contributed by atoms with Gasteiger partial charge in [0.1, 0.15) is 17.5 Å². The molecule has 0 aliphatic rings. The number of benzene rings is 1. The number of carbonyl (C=O) groups excluding carboxylic acids is 1. The normalized spacial score (nSPS) is 10.6. The van der Waals surface area contributed by atoms with Crippen LogP contribution in [-0.2, 0) is 7.05 Å². The molecule has 1 amide bonds. The van der Waals surface area contributed by atoms with E-state index in [4.69, 9.17) is 5.41 Å². The molecular formula is C21H19F2N7O. The molecule has 0 atom stereocenters. The molecule has 158 valence electrons. The number of pyridine rings is 1. The highest BCUT2D eigenvalue weighted by molar-refractivity contribution is 6.05. The maximum absolute atomic E-state index is 13.4. The fraction of sp³-hybridized carbons (Fsp3) is 0.190. The Bertz CT molecular complexity index is 1210. The van der Waals surface area contributed by atoms with Gasteiger partial charge < -0.3 is 16.0 Å². The number of nitrogens with zero attached hydrogens (tertiary/aromatic N) is 4. The van der Waals surface area contributed by atoms with E-state index in [0.717, 1.165) is 6.21 Å². The van der Waals surface area contributed by atoms with Crippen LogP contribution in [0.4, 0.5) is 25.8 Å². The van der Waals surface area contributed by atoms with E-state index < -0.39 is 18.0 Å². The average Bonchev–Trinajstić information content (AvgIpc) is 3.14. The second kappa shape index (κ2) is 8.71. The molecule has 3 N–H and O–H groups in total. The summed E-state index contributed by atoms with van der Waals surface area (Å²) in [5, 5.41) is 26.6. The third kappa shape index (κ3) is 4.40. The molecule has 0 aliphatic heterocycles. The number of anilines is 3. The van der Waals surface area contributed by atoms with Crippen LogP contribution in [-0.4, -0.2) is 26.9 Å². The van der Waals surface area contributed by atoms with Gasteiger partial charge in [-0.05, 0) is 43.2 Å². The number of nitrogens with one attached hydrogen (secondary N) is 3. The van der Waals surface area contributed by atoms with E-state index in [1.54, 1.807) is 55.3 Å². The van der Waals surface area contributed by atoms with Crippen molar-refractivity contribution in [3.63, 3.8) is 0 Å². The Balaban J connectivity index is 1.94. The number of alkyl halides is 2. The minimum Gasteiger partial charge on any atom is -0.352 e. The molecule has 2 heterocycles. The van der Waals surface area contributed by atoms with Gasteiger partial charge in [-0.1, -0.05) is 0 Å². The Kier molecular flexibility index (Phi) is 6.06. The topological polar surface area (TPSA) is 119 Å². The molecule has 10 heteroatoms. The molecule has 0 unspecified atom stereocenters. The first-order valence-electron chi connectivity index (χ1n) is 9.16. The molecule has 3 aromatic rings. The highest BCUT2D eigenvalue weighted by Crippen LogP contribution is 2.28. The molecule has 2 aromatic heterocycles. The molecule has 0 bridgehead atoms. The predicted molar refractivity (Wildman–Crippen MR) is 112 cm³/mol. The molecule has 1 aromatic carbocycles. The summed E-state index contributed by atoms with van der Waals surface area (Å²) in [7, 11) is 1.77. The van der Waals surface area contributed by atoms with Crippen molar-refractivity contribution in [2.24, 2.45) is 7.05 Å². The largest absolute Gasteiger partial charge is 0.352 e. The van der Waals surface area contributed by atoms with Crippen molar-refractivity contribution in [3.05, 3.63) is 64.2 Å². The van der Waals surface area contributed by atoms with Gasteiger partial charge in [0.15, 0.2) is 0 Å². The smallest absolute Gasteiger partial charge is 0.281 e. The summed E-state index contributed by atoms with van der Waals surface area (Å²) in [6.45, 7) is 3.06. The van der Waals surface area contributed by atoms with Gasteiger partial charge in [0.05, 0.1) is 17.4 Å². The Labute approximate surface area is 177 Å². The zero-order chi connectivity index (χ0) is 22.7. The number of hydrogen-bond acceptors (Lipinski definition) is 6. The van der Waals surface area contributed by atoms with E-state index in [1.807, 2.05) is 0 Å².